The van der Waals surface area contributed by atoms with Crippen LogP contribution in [0.4, 0.5) is 13.2 Å². The van der Waals surface area contributed by atoms with Gasteiger partial charge in [0.25, 0.3) is 0 Å². The topological polar surface area (TPSA) is 12.9 Å². The van der Waals surface area contributed by atoms with E-state index in [0.717, 1.165) is 18.9 Å². The van der Waals surface area contributed by atoms with Crippen LogP contribution in [0, 0.1) is 0 Å². The number of unbranched alkanes of at least 4 members (excludes halogenated alkanes) is 1. The molecule has 0 atom stereocenters. The zero-order valence-corrected chi connectivity index (χ0v) is 7.93. The summed E-state index contributed by atoms with van der Waals surface area (Å²) in [6.07, 6.45) is -0.877. The first-order chi connectivity index (χ1) is 6.55. The third-order valence-corrected chi connectivity index (χ3v) is 1.96. The molecular weight excluding hydrogens is 191 g/mol. The fraction of sp³-hybridized carbons (Fsp3) is 0.500. The molecule has 0 amide bonds. The van der Waals surface area contributed by atoms with Crippen LogP contribution in [0.3, 0.4) is 0 Å². The second-order valence-corrected chi connectivity index (χ2v) is 3.10. The van der Waals surface area contributed by atoms with Gasteiger partial charge in [-0.15, -0.1) is 0 Å². The van der Waals surface area contributed by atoms with Crippen LogP contribution in [0.1, 0.15) is 31.0 Å². The first-order valence-corrected chi connectivity index (χ1v) is 4.56. The lowest BCUT2D eigenvalue weighted by atomic mass is 10.1. The van der Waals surface area contributed by atoms with Gasteiger partial charge < -0.3 is 0 Å². The number of hydrogen-bond acceptors (Lipinski definition) is 1. The predicted octanol–water partition coefficient (Wildman–Crippen LogP) is 3.44. The number of rotatable bonds is 3. The maximum Gasteiger partial charge on any atom is 0.418 e. The summed E-state index contributed by atoms with van der Waals surface area (Å²) >= 11 is 0. The smallest absolute Gasteiger partial charge is 0.261 e. The second kappa shape index (κ2) is 4.44. The van der Waals surface area contributed by atoms with Crippen molar-refractivity contribution in [2.75, 3.05) is 0 Å². The molecule has 4 heteroatoms. The predicted molar refractivity (Wildman–Crippen MR) is 47.9 cm³/mol. The standard InChI is InChI=1S/C10H12F3N/c1-2-3-6-9-8(10(11,12)13)5-4-7-14-9/h4-5,7H,2-3,6H2,1H3. The highest BCUT2D eigenvalue weighted by Crippen LogP contribution is 2.31. The molecule has 14 heavy (non-hydrogen) atoms. The lowest BCUT2D eigenvalue weighted by Crippen LogP contribution is -2.10. The molecule has 78 valence electrons. The molecule has 0 aromatic carbocycles. The van der Waals surface area contributed by atoms with Crippen molar-refractivity contribution in [2.24, 2.45) is 0 Å². The Bertz CT molecular complexity index is 294. The molecule has 0 saturated carbocycles. The van der Waals surface area contributed by atoms with E-state index in [4.69, 9.17) is 0 Å². The van der Waals surface area contributed by atoms with Gasteiger partial charge in [0.15, 0.2) is 0 Å². The lowest BCUT2D eigenvalue weighted by molar-refractivity contribution is -0.138. The highest BCUT2D eigenvalue weighted by molar-refractivity contribution is 5.22. The quantitative estimate of drug-likeness (QED) is 0.733. The summed E-state index contributed by atoms with van der Waals surface area (Å²) < 4.78 is 37.3. The molecule has 0 aliphatic carbocycles. The number of aryl methyl sites for hydroxylation is 1. The van der Waals surface area contributed by atoms with E-state index in [0.29, 0.717) is 6.42 Å². The number of halogens is 3. The van der Waals surface area contributed by atoms with Gasteiger partial charge in [0, 0.05) is 6.20 Å². The van der Waals surface area contributed by atoms with Gasteiger partial charge in [-0.3, -0.25) is 4.98 Å². The molecule has 0 bridgehead atoms. The zero-order chi connectivity index (χ0) is 10.6. The molecule has 0 unspecified atom stereocenters. The Morgan fingerprint density at radius 2 is 2.07 bits per heavy atom. The number of nitrogens with zero attached hydrogens (tertiary/aromatic N) is 1. The monoisotopic (exact) mass is 203 g/mol. The minimum absolute atomic E-state index is 0.154. The molecule has 0 aliphatic rings. The van der Waals surface area contributed by atoms with Crippen molar-refractivity contribution in [1.82, 2.24) is 4.98 Å². The molecule has 1 heterocycles. The lowest BCUT2D eigenvalue weighted by Gasteiger charge is -2.10. The third-order valence-electron chi connectivity index (χ3n) is 1.96. The summed E-state index contributed by atoms with van der Waals surface area (Å²) in [5.74, 6) is 0. The molecule has 1 nitrogen and oxygen atoms in total. The number of pyridine rings is 1. The van der Waals surface area contributed by atoms with Crippen LogP contribution >= 0.6 is 0 Å². The van der Waals surface area contributed by atoms with Gasteiger partial charge in [-0.25, -0.2) is 0 Å². The molecule has 0 spiro atoms. The molecule has 1 aromatic heterocycles. The maximum absolute atomic E-state index is 12.4. The van der Waals surface area contributed by atoms with Crippen molar-refractivity contribution in [3.63, 3.8) is 0 Å². The fourth-order valence-electron chi connectivity index (χ4n) is 1.24. The second-order valence-electron chi connectivity index (χ2n) is 3.10. The summed E-state index contributed by atoms with van der Waals surface area (Å²) in [7, 11) is 0. The Labute approximate surface area is 81.0 Å². The van der Waals surface area contributed by atoms with Crippen molar-refractivity contribution in [2.45, 2.75) is 32.4 Å². The Kier molecular flexibility index (Phi) is 3.49. The molecule has 1 rings (SSSR count). The minimum Gasteiger partial charge on any atom is -0.261 e. The Morgan fingerprint density at radius 1 is 1.36 bits per heavy atom. The third kappa shape index (κ3) is 2.72. The summed E-state index contributed by atoms with van der Waals surface area (Å²) in [5, 5.41) is 0. The average Bonchev–Trinajstić information content (AvgIpc) is 2.14. The van der Waals surface area contributed by atoms with Crippen molar-refractivity contribution in [1.29, 1.82) is 0 Å². The van der Waals surface area contributed by atoms with Gasteiger partial charge in [0.2, 0.25) is 0 Å². The number of hydrogen-bond donors (Lipinski definition) is 0. The van der Waals surface area contributed by atoms with Crippen molar-refractivity contribution < 1.29 is 13.2 Å². The summed E-state index contributed by atoms with van der Waals surface area (Å²) in [6, 6.07) is 2.40. The molecule has 1 aromatic rings. The van der Waals surface area contributed by atoms with Crippen molar-refractivity contribution in [3.05, 3.63) is 29.6 Å². The molecule has 0 saturated heterocycles. The van der Waals surface area contributed by atoms with Gasteiger partial charge in [0.05, 0.1) is 11.3 Å². The van der Waals surface area contributed by atoms with Crippen LogP contribution in [-0.2, 0) is 12.6 Å². The molecule has 0 radical (unpaired) electrons. The highest BCUT2D eigenvalue weighted by Gasteiger charge is 2.33. The van der Waals surface area contributed by atoms with E-state index >= 15 is 0 Å². The average molecular weight is 203 g/mol. The number of alkyl halides is 3. The van der Waals surface area contributed by atoms with Gasteiger partial charge in [-0.2, -0.15) is 13.2 Å². The molecule has 0 aliphatic heterocycles. The summed E-state index contributed by atoms with van der Waals surface area (Å²) in [4.78, 5) is 3.76. The van der Waals surface area contributed by atoms with Gasteiger partial charge in [0.1, 0.15) is 0 Å². The Hall–Kier alpha value is -1.06. The minimum atomic E-state index is -4.28. The summed E-state index contributed by atoms with van der Waals surface area (Å²) in [6.45, 7) is 1.94. The molecular formula is C10H12F3N. The van der Waals surface area contributed by atoms with E-state index in [9.17, 15) is 13.2 Å². The Morgan fingerprint density at radius 3 is 2.64 bits per heavy atom. The van der Waals surface area contributed by atoms with E-state index in [1.807, 2.05) is 6.92 Å². The fourth-order valence-corrected chi connectivity index (χ4v) is 1.24. The van der Waals surface area contributed by atoms with E-state index < -0.39 is 11.7 Å². The van der Waals surface area contributed by atoms with E-state index in [1.165, 1.54) is 12.3 Å². The van der Waals surface area contributed by atoms with Gasteiger partial charge in [-0.05, 0) is 25.0 Å². The largest absolute Gasteiger partial charge is 0.418 e. The van der Waals surface area contributed by atoms with Crippen molar-refractivity contribution in [3.8, 4) is 0 Å². The first kappa shape index (κ1) is 11.0. The van der Waals surface area contributed by atoms with Crippen LogP contribution in [-0.4, -0.2) is 4.98 Å². The normalized spacial score (nSPS) is 11.7. The number of aromatic nitrogens is 1. The molecule has 0 fully saturated rings. The molecule has 0 N–H and O–H groups in total. The maximum atomic E-state index is 12.4. The van der Waals surface area contributed by atoms with Gasteiger partial charge >= 0.3 is 6.18 Å². The Balaban J connectivity index is 2.92. The first-order valence-electron chi connectivity index (χ1n) is 4.56. The van der Waals surface area contributed by atoms with Crippen LogP contribution in [0.5, 0.6) is 0 Å². The summed E-state index contributed by atoms with van der Waals surface area (Å²) in [5.41, 5.74) is -0.449. The zero-order valence-electron chi connectivity index (χ0n) is 7.93. The highest BCUT2D eigenvalue weighted by atomic mass is 19.4. The van der Waals surface area contributed by atoms with Crippen LogP contribution in [0.15, 0.2) is 18.3 Å². The van der Waals surface area contributed by atoms with Crippen LogP contribution in [0.25, 0.3) is 0 Å². The van der Waals surface area contributed by atoms with Crippen LogP contribution < -0.4 is 0 Å². The van der Waals surface area contributed by atoms with Gasteiger partial charge in [-0.1, -0.05) is 13.3 Å². The van der Waals surface area contributed by atoms with Crippen molar-refractivity contribution >= 4 is 0 Å². The van der Waals surface area contributed by atoms with E-state index in [1.54, 1.807) is 0 Å². The van der Waals surface area contributed by atoms with E-state index in [2.05, 4.69) is 4.98 Å². The SMILES string of the molecule is CCCCc1ncccc1C(F)(F)F. The van der Waals surface area contributed by atoms with Crippen LogP contribution in [0.2, 0.25) is 0 Å². The van der Waals surface area contributed by atoms with E-state index in [-0.39, 0.29) is 5.69 Å².